The van der Waals surface area contributed by atoms with Gasteiger partial charge in [-0.3, -0.25) is 0 Å². The van der Waals surface area contributed by atoms with Gasteiger partial charge in [-0.05, 0) is 16.9 Å². The Hall–Kier alpha value is -1.01. The van der Waals surface area contributed by atoms with Gasteiger partial charge in [0.2, 0.25) is 0 Å². The van der Waals surface area contributed by atoms with Crippen molar-refractivity contribution in [3.05, 3.63) is 0 Å². The zero-order chi connectivity index (χ0) is 10.7. The molecule has 0 amide bonds. The fraction of sp³-hybridized carbons (Fsp3) is 1.00. The molecule has 7 heteroatoms. The second kappa shape index (κ2) is 4.02. The number of halogens is 3. The van der Waals surface area contributed by atoms with Gasteiger partial charge in [-0.25, -0.2) is 0 Å². The molecule has 0 saturated heterocycles. The van der Waals surface area contributed by atoms with E-state index in [0.29, 0.717) is 6.42 Å². The average Bonchev–Trinajstić information content (AvgIpc) is 2.53. The van der Waals surface area contributed by atoms with E-state index in [0.717, 1.165) is 12.8 Å². The highest BCUT2D eigenvalue weighted by Crippen LogP contribution is 2.41. The van der Waals surface area contributed by atoms with E-state index in [9.17, 15) is 13.2 Å². The number of rotatable bonds is 4. The van der Waals surface area contributed by atoms with E-state index in [1.54, 1.807) is 0 Å². The number of alkyl halides is 3. The number of nitrogens with zero attached hydrogens (tertiary/aromatic N) is 4. The minimum Gasteiger partial charge on any atom is -0.166 e. The molecule has 0 fully saturated rings. The maximum Gasteiger partial charge on any atom is 0.437 e. The summed E-state index contributed by atoms with van der Waals surface area (Å²) in [6.45, 7) is 1.91. The van der Waals surface area contributed by atoms with Gasteiger partial charge in [0.15, 0.2) is 0 Å². The molecular formula is C7H11F3N4. The first-order chi connectivity index (χ1) is 6.52. The van der Waals surface area contributed by atoms with Crippen molar-refractivity contribution in [2.45, 2.75) is 44.4 Å². The first-order valence-electron chi connectivity index (χ1n) is 4.42. The van der Waals surface area contributed by atoms with Crippen LogP contribution in [-0.2, 0) is 0 Å². The molecule has 1 aliphatic rings. The lowest BCUT2D eigenvalue weighted by Crippen LogP contribution is -2.40. The fourth-order valence-corrected chi connectivity index (χ4v) is 1.18. The monoisotopic (exact) mass is 208 g/mol. The van der Waals surface area contributed by atoms with E-state index in [-0.39, 0.29) is 6.42 Å². The minimum absolute atomic E-state index is 0.169. The van der Waals surface area contributed by atoms with Gasteiger partial charge < -0.3 is 0 Å². The van der Waals surface area contributed by atoms with Crippen molar-refractivity contribution in [3.8, 4) is 0 Å². The predicted molar refractivity (Wildman–Crippen MR) is 42.6 cm³/mol. The molecule has 0 radical (unpaired) electrons. The number of unbranched alkanes of at least 4 members (excludes halogenated alkanes) is 2. The van der Waals surface area contributed by atoms with Crippen LogP contribution in [0.2, 0.25) is 0 Å². The third-order valence-electron chi connectivity index (χ3n) is 2.04. The molecule has 1 heterocycles. The lowest BCUT2D eigenvalue weighted by atomic mass is 10.0. The van der Waals surface area contributed by atoms with Gasteiger partial charge in [0.05, 0.1) is 0 Å². The molecule has 0 saturated carbocycles. The second-order valence-corrected chi connectivity index (χ2v) is 3.15. The van der Waals surface area contributed by atoms with Gasteiger partial charge in [0.1, 0.15) is 0 Å². The first-order valence-corrected chi connectivity index (χ1v) is 4.42. The van der Waals surface area contributed by atoms with Crippen molar-refractivity contribution < 1.29 is 13.2 Å². The molecule has 0 N–H and O–H groups in total. The molecule has 0 bridgehead atoms. The normalized spacial score (nSPS) is 19.1. The van der Waals surface area contributed by atoms with Crippen molar-refractivity contribution in [2.24, 2.45) is 20.7 Å². The van der Waals surface area contributed by atoms with E-state index < -0.39 is 11.8 Å². The largest absolute Gasteiger partial charge is 0.437 e. The molecule has 0 aromatic rings. The standard InChI is InChI=1S/C7H11F3N4/c1-2-3-4-5-6(7(8,9)10)11-13-14-12-6/h2-5H2,1H3. The average molecular weight is 208 g/mol. The molecule has 0 aromatic heterocycles. The third kappa shape index (κ3) is 2.08. The lowest BCUT2D eigenvalue weighted by molar-refractivity contribution is -0.185. The summed E-state index contributed by atoms with van der Waals surface area (Å²) in [5.74, 6) is 0. The van der Waals surface area contributed by atoms with Gasteiger partial charge in [0, 0.05) is 6.42 Å². The summed E-state index contributed by atoms with van der Waals surface area (Å²) in [6, 6.07) is 0. The Balaban J connectivity index is 2.65. The maximum atomic E-state index is 12.5. The topological polar surface area (TPSA) is 49.4 Å². The quantitative estimate of drug-likeness (QED) is 0.633. The van der Waals surface area contributed by atoms with Crippen molar-refractivity contribution in [1.29, 1.82) is 0 Å². The molecule has 0 unspecified atom stereocenters. The molecule has 0 spiro atoms. The summed E-state index contributed by atoms with van der Waals surface area (Å²) in [7, 11) is 0. The van der Waals surface area contributed by atoms with Gasteiger partial charge in [0.25, 0.3) is 5.66 Å². The van der Waals surface area contributed by atoms with Gasteiger partial charge in [-0.15, -0.1) is 10.2 Å². The van der Waals surface area contributed by atoms with Crippen LogP contribution in [0.5, 0.6) is 0 Å². The summed E-state index contributed by atoms with van der Waals surface area (Å²) >= 11 is 0. The molecule has 1 aliphatic heterocycles. The van der Waals surface area contributed by atoms with E-state index in [1.807, 2.05) is 6.92 Å². The van der Waals surface area contributed by atoms with Crippen molar-refractivity contribution >= 4 is 0 Å². The second-order valence-electron chi connectivity index (χ2n) is 3.15. The molecule has 0 atom stereocenters. The van der Waals surface area contributed by atoms with Crippen LogP contribution in [0.1, 0.15) is 32.6 Å². The molecule has 0 aliphatic carbocycles. The third-order valence-corrected chi connectivity index (χ3v) is 2.04. The summed E-state index contributed by atoms with van der Waals surface area (Å²) in [5.41, 5.74) is -2.40. The van der Waals surface area contributed by atoms with Crippen LogP contribution in [0.4, 0.5) is 13.2 Å². The van der Waals surface area contributed by atoms with Gasteiger partial charge in [-0.1, -0.05) is 19.8 Å². The van der Waals surface area contributed by atoms with Crippen LogP contribution in [0.3, 0.4) is 0 Å². The maximum absolute atomic E-state index is 12.5. The Morgan fingerprint density at radius 2 is 1.64 bits per heavy atom. The van der Waals surface area contributed by atoms with E-state index in [2.05, 4.69) is 20.7 Å². The number of hydrogen-bond donors (Lipinski definition) is 0. The van der Waals surface area contributed by atoms with E-state index in [4.69, 9.17) is 0 Å². The van der Waals surface area contributed by atoms with E-state index in [1.165, 1.54) is 0 Å². The Morgan fingerprint density at radius 3 is 2.07 bits per heavy atom. The summed E-state index contributed by atoms with van der Waals surface area (Å²) < 4.78 is 37.6. The SMILES string of the molecule is CCCCCC1(C(F)(F)F)N=NN=N1. The van der Waals surface area contributed by atoms with Crippen LogP contribution >= 0.6 is 0 Å². The Morgan fingerprint density at radius 1 is 1.07 bits per heavy atom. The molecular weight excluding hydrogens is 197 g/mol. The van der Waals surface area contributed by atoms with Crippen molar-refractivity contribution in [2.75, 3.05) is 0 Å². The van der Waals surface area contributed by atoms with Crippen molar-refractivity contribution in [3.63, 3.8) is 0 Å². The van der Waals surface area contributed by atoms with Crippen LogP contribution in [-0.4, -0.2) is 11.8 Å². The Kier molecular flexibility index (Phi) is 3.17. The molecule has 0 aromatic carbocycles. The molecule has 80 valence electrons. The zero-order valence-corrected chi connectivity index (χ0v) is 7.75. The lowest BCUT2D eigenvalue weighted by Gasteiger charge is -2.22. The van der Waals surface area contributed by atoms with Crippen LogP contribution in [0, 0.1) is 0 Å². The first kappa shape index (κ1) is 11.1. The minimum atomic E-state index is -4.50. The van der Waals surface area contributed by atoms with Crippen LogP contribution < -0.4 is 0 Å². The molecule has 14 heavy (non-hydrogen) atoms. The highest BCUT2D eigenvalue weighted by Gasteiger charge is 2.58. The Labute approximate surface area is 79.3 Å². The van der Waals surface area contributed by atoms with Crippen molar-refractivity contribution in [1.82, 2.24) is 0 Å². The highest BCUT2D eigenvalue weighted by atomic mass is 19.4. The predicted octanol–water partition coefficient (Wildman–Crippen LogP) is 3.66. The molecule has 4 nitrogen and oxygen atoms in total. The smallest absolute Gasteiger partial charge is 0.166 e. The molecule has 1 rings (SSSR count). The highest BCUT2D eigenvalue weighted by molar-refractivity contribution is 4.92. The van der Waals surface area contributed by atoms with Crippen LogP contribution in [0.25, 0.3) is 0 Å². The van der Waals surface area contributed by atoms with E-state index >= 15 is 0 Å². The summed E-state index contributed by atoms with van der Waals surface area (Å²) in [6.07, 6.45) is -2.67. The van der Waals surface area contributed by atoms with Crippen LogP contribution in [0.15, 0.2) is 20.7 Å². The summed E-state index contributed by atoms with van der Waals surface area (Å²) in [4.78, 5) is 0. The van der Waals surface area contributed by atoms with Gasteiger partial charge >= 0.3 is 6.18 Å². The number of hydrogen-bond acceptors (Lipinski definition) is 4. The van der Waals surface area contributed by atoms with Gasteiger partial charge in [-0.2, -0.15) is 13.2 Å². The Bertz CT molecular complexity index is 234. The summed E-state index contributed by atoms with van der Waals surface area (Å²) in [5, 5.41) is 12.0. The fourth-order valence-electron chi connectivity index (χ4n) is 1.18. The zero-order valence-electron chi connectivity index (χ0n) is 7.75.